The molecule has 2 N–H and O–H groups in total. The van der Waals surface area contributed by atoms with Crippen LogP contribution in [0.5, 0.6) is 0 Å². The number of carbonyl (C=O) groups excluding carboxylic acids is 1. The van der Waals surface area contributed by atoms with E-state index in [0.29, 0.717) is 0 Å². The van der Waals surface area contributed by atoms with E-state index in [-0.39, 0.29) is 21.9 Å². The Morgan fingerprint density at radius 1 is 1.15 bits per heavy atom. The Labute approximate surface area is 162 Å². The van der Waals surface area contributed by atoms with Gasteiger partial charge in [0, 0.05) is 26.1 Å². The number of halogens is 1. The molecule has 2 aromatic rings. The second kappa shape index (κ2) is 8.51. The van der Waals surface area contributed by atoms with Gasteiger partial charge in [-0.1, -0.05) is 41.9 Å². The number of hydrogen-bond donors (Lipinski definition) is 2. The van der Waals surface area contributed by atoms with Crippen LogP contribution in [0.4, 0.5) is 0 Å². The van der Waals surface area contributed by atoms with Crippen LogP contribution < -0.4 is 5.32 Å². The highest BCUT2D eigenvalue weighted by molar-refractivity contribution is 7.89. The fourth-order valence-corrected chi connectivity index (χ4v) is 3.72. The highest BCUT2D eigenvalue weighted by Crippen LogP contribution is 2.24. The monoisotopic (exact) mass is 410 g/mol. The Kier molecular flexibility index (Phi) is 6.59. The van der Waals surface area contributed by atoms with E-state index in [9.17, 15) is 23.1 Å². The van der Waals surface area contributed by atoms with Gasteiger partial charge in [-0.3, -0.25) is 4.79 Å². The van der Waals surface area contributed by atoms with Crippen molar-refractivity contribution < 1.29 is 23.1 Å². The lowest BCUT2D eigenvalue weighted by molar-refractivity contribution is -0.139. The molecule has 2 aromatic carbocycles. The highest BCUT2D eigenvalue weighted by atomic mass is 35.5. The molecular formula is C18H19ClN2O5S. The molecule has 144 valence electrons. The summed E-state index contributed by atoms with van der Waals surface area (Å²) in [5.74, 6) is -1.90. The Morgan fingerprint density at radius 2 is 1.78 bits per heavy atom. The van der Waals surface area contributed by atoms with E-state index in [1.165, 1.54) is 26.2 Å². The zero-order valence-corrected chi connectivity index (χ0v) is 16.3. The molecule has 0 aliphatic carbocycles. The Bertz CT molecular complexity index is 945. The zero-order valence-electron chi connectivity index (χ0n) is 14.7. The first-order chi connectivity index (χ1) is 12.6. The summed E-state index contributed by atoms with van der Waals surface area (Å²) in [7, 11) is -1.16. The van der Waals surface area contributed by atoms with Crippen LogP contribution in [0.15, 0.2) is 53.4 Å². The van der Waals surface area contributed by atoms with Gasteiger partial charge in [-0.25, -0.2) is 17.5 Å². The molecular weight excluding hydrogens is 392 g/mol. The third-order valence-corrected chi connectivity index (χ3v) is 6.13. The van der Waals surface area contributed by atoms with Crippen LogP contribution in [0.3, 0.4) is 0 Å². The average Bonchev–Trinajstić information content (AvgIpc) is 2.61. The van der Waals surface area contributed by atoms with Crippen molar-refractivity contribution in [1.82, 2.24) is 9.62 Å². The number of hydrogen-bond acceptors (Lipinski definition) is 4. The third-order valence-electron chi connectivity index (χ3n) is 3.84. The van der Waals surface area contributed by atoms with Crippen LogP contribution in [-0.4, -0.2) is 49.8 Å². The predicted molar refractivity (Wildman–Crippen MR) is 101 cm³/mol. The molecule has 1 amide bonds. The number of carboxylic acid groups (broad SMARTS) is 1. The van der Waals surface area contributed by atoms with Crippen molar-refractivity contribution in [2.75, 3.05) is 14.1 Å². The Balaban J connectivity index is 2.27. The van der Waals surface area contributed by atoms with Crippen LogP contribution >= 0.6 is 11.6 Å². The minimum absolute atomic E-state index is 0.000799. The Morgan fingerprint density at radius 3 is 2.33 bits per heavy atom. The van der Waals surface area contributed by atoms with Gasteiger partial charge >= 0.3 is 5.97 Å². The van der Waals surface area contributed by atoms with E-state index in [1.54, 1.807) is 30.3 Å². The SMILES string of the molecule is CN(C)S(=O)(=O)c1cc(C(=O)N[C@H](Cc2ccccc2)C(=O)O)ccc1Cl. The number of rotatable bonds is 7. The first kappa shape index (κ1) is 20.9. The van der Waals surface area contributed by atoms with Gasteiger partial charge in [-0.15, -0.1) is 0 Å². The summed E-state index contributed by atoms with van der Waals surface area (Å²) in [6.07, 6.45) is 0.0956. The molecule has 1 atom stereocenters. The van der Waals surface area contributed by atoms with Crippen molar-refractivity contribution in [3.8, 4) is 0 Å². The fourth-order valence-electron chi connectivity index (χ4n) is 2.33. The van der Waals surface area contributed by atoms with Gasteiger partial charge < -0.3 is 10.4 Å². The fraction of sp³-hybridized carbons (Fsp3) is 0.222. The van der Waals surface area contributed by atoms with Crippen molar-refractivity contribution in [3.05, 3.63) is 64.7 Å². The van der Waals surface area contributed by atoms with Crippen molar-refractivity contribution in [2.45, 2.75) is 17.4 Å². The van der Waals surface area contributed by atoms with Crippen LogP contribution in [0.25, 0.3) is 0 Å². The molecule has 0 spiro atoms. The molecule has 27 heavy (non-hydrogen) atoms. The van der Waals surface area contributed by atoms with E-state index >= 15 is 0 Å². The molecule has 0 saturated heterocycles. The second-order valence-electron chi connectivity index (χ2n) is 5.99. The van der Waals surface area contributed by atoms with E-state index < -0.39 is 27.9 Å². The summed E-state index contributed by atoms with van der Waals surface area (Å²) in [6, 6.07) is 11.5. The van der Waals surface area contributed by atoms with Crippen molar-refractivity contribution in [2.24, 2.45) is 0 Å². The number of aliphatic carboxylic acids is 1. The molecule has 0 aliphatic heterocycles. The lowest BCUT2D eigenvalue weighted by Crippen LogP contribution is -2.42. The minimum atomic E-state index is -3.85. The average molecular weight is 411 g/mol. The normalized spacial score (nSPS) is 12.6. The molecule has 0 radical (unpaired) electrons. The summed E-state index contributed by atoms with van der Waals surface area (Å²) in [5.41, 5.74) is 0.747. The zero-order chi connectivity index (χ0) is 20.2. The molecule has 0 aromatic heterocycles. The van der Waals surface area contributed by atoms with Crippen LogP contribution in [0.2, 0.25) is 5.02 Å². The van der Waals surface area contributed by atoms with Gasteiger partial charge in [0.05, 0.1) is 5.02 Å². The summed E-state index contributed by atoms with van der Waals surface area (Å²) in [6.45, 7) is 0. The molecule has 0 bridgehead atoms. The number of sulfonamides is 1. The summed E-state index contributed by atoms with van der Waals surface area (Å²) in [4.78, 5) is 23.8. The van der Waals surface area contributed by atoms with E-state index in [0.717, 1.165) is 15.9 Å². The van der Waals surface area contributed by atoms with Crippen LogP contribution in [-0.2, 0) is 21.2 Å². The molecule has 0 saturated carbocycles. The largest absolute Gasteiger partial charge is 0.480 e. The third kappa shape index (κ3) is 5.06. The van der Waals surface area contributed by atoms with E-state index in [2.05, 4.69) is 5.32 Å². The number of amides is 1. The van der Waals surface area contributed by atoms with Gasteiger partial charge in [-0.05, 0) is 23.8 Å². The highest BCUT2D eigenvalue weighted by Gasteiger charge is 2.25. The maximum Gasteiger partial charge on any atom is 0.326 e. The van der Waals surface area contributed by atoms with E-state index in [1.807, 2.05) is 0 Å². The maximum absolute atomic E-state index is 12.5. The smallest absolute Gasteiger partial charge is 0.326 e. The first-order valence-electron chi connectivity index (χ1n) is 7.92. The lowest BCUT2D eigenvalue weighted by Gasteiger charge is -2.16. The lowest BCUT2D eigenvalue weighted by atomic mass is 10.1. The maximum atomic E-state index is 12.5. The van der Waals surface area contributed by atoms with Crippen molar-refractivity contribution in [1.29, 1.82) is 0 Å². The molecule has 9 heteroatoms. The molecule has 0 unspecified atom stereocenters. The minimum Gasteiger partial charge on any atom is -0.480 e. The summed E-state index contributed by atoms with van der Waals surface area (Å²) >= 11 is 5.96. The number of nitrogens with one attached hydrogen (secondary N) is 1. The number of carboxylic acids is 1. The van der Waals surface area contributed by atoms with Gasteiger partial charge in [0.25, 0.3) is 5.91 Å². The van der Waals surface area contributed by atoms with Gasteiger partial charge in [0.15, 0.2) is 0 Å². The number of carbonyl (C=O) groups is 2. The number of benzene rings is 2. The second-order valence-corrected chi connectivity index (χ2v) is 8.51. The molecule has 0 fully saturated rings. The van der Waals surface area contributed by atoms with Crippen molar-refractivity contribution >= 4 is 33.5 Å². The topological polar surface area (TPSA) is 104 Å². The van der Waals surface area contributed by atoms with Crippen LogP contribution in [0.1, 0.15) is 15.9 Å². The molecule has 7 nitrogen and oxygen atoms in total. The molecule has 2 rings (SSSR count). The van der Waals surface area contributed by atoms with E-state index in [4.69, 9.17) is 11.6 Å². The Hall–Kier alpha value is -2.42. The van der Waals surface area contributed by atoms with Gasteiger partial charge in [0.1, 0.15) is 10.9 Å². The van der Waals surface area contributed by atoms with Crippen LogP contribution in [0, 0.1) is 0 Å². The molecule has 0 aliphatic rings. The predicted octanol–water partition coefficient (Wildman–Crippen LogP) is 2.02. The molecule has 0 heterocycles. The standard InChI is InChI=1S/C18H19ClN2O5S/c1-21(2)27(25,26)16-11-13(8-9-14(16)19)17(22)20-15(18(23)24)10-12-6-4-3-5-7-12/h3-9,11,15H,10H2,1-2H3,(H,20,22)(H,23,24)/t15-/m1/s1. The summed E-state index contributed by atoms with van der Waals surface area (Å²) in [5, 5.41) is 11.8. The van der Waals surface area contributed by atoms with Gasteiger partial charge in [-0.2, -0.15) is 0 Å². The van der Waals surface area contributed by atoms with Crippen molar-refractivity contribution in [3.63, 3.8) is 0 Å². The first-order valence-corrected chi connectivity index (χ1v) is 9.74. The summed E-state index contributed by atoms with van der Waals surface area (Å²) < 4.78 is 25.6. The quantitative estimate of drug-likeness (QED) is 0.726. The number of nitrogens with zero attached hydrogens (tertiary/aromatic N) is 1. The van der Waals surface area contributed by atoms with Gasteiger partial charge in [0.2, 0.25) is 10.0 Å².